The number of benzene rings is 1. The van der Waals surface area contributed by atoms with Crippen molar-refractivity contribution < 1.29 is 19.1 Å². The van der Waals surface area contributed by atoms with Crippen LogP contribution >= 0.6 is 0 Å². The van der Waals surface area contributed by atoms with Gasteiger partial charge in [-0.15, -0.1) is 0 Å². The molecule has 9 heteroatoms. The van der Waals surface area contributed by atoms with Gasteiger partial charge < -0.3 is 20.1 Å². The first-order valence-corrected chi connectivity index (χ1v) is 8.76. The Labute approximate surface area is 158 Å². The number of rotatable bonds is 10. The fraction of sp³-hybridized carbons (Fsp3) is 0.444. The van der Waals surface area contributed by atoms with E-state index in [0.717, 1.165) is 0 Å². The molecule has 0 fully saturated rings. The molecule has 0 bridgehead atoms. The number of aromatic nitrogens is 3. The summed E-state index contributed by atoms with van der Waals surface area (Å²) in [6, 6.07) is 6.35. The molecule has 0 radical (unpaired) electrons. The molecule has 146 valence electrons. The fourth-order valence-corrected chi connectivity index (χ4v) is 2.17. The van der Waals surface area contributed by atoms with Gasteiger partial charge in [0.2, 0.25) is 5.91 Å². The number of hydrogen-bond acceptors (Lipinski definition) is 6. The smallest absolute Gasteiger partial charge is 0.253 e. The largest absolute Gasteiger partial charge is 0.379 e. The highest BCUT2D eigenvalue weighted by Gasteiger charge is 2.16. The molecule has 9 nitrogen and oxygen atoms in total. The van der Waals surface area contributed by atoms with Gasteiger partial charge >= 0.3 is 0 Å². The molecule has 2 rings (SSSR count). The van der Waals surface area contributed by atoms with Crippen LogP contribution in [0.4, 0.5) is 11.4 Å². The summed E-state index contributed by atoms with van der Waals surface area (Å²) in [7, 11) is 0. The van der Waals surface area contributed by atoms with Gasteiger partial charge in [-0.25, -0.2) is 9.67 Å². The number of anilines is 2. The molecule has 0 saturated heterocycles. The Morgan fingerprint density at radius 3 is 2.26 bits per heavy atom. The molecule has 0 aliphatic rings. The van der Waals surface area contributed by atoms with Gasteiger partial charge in [-0.1, -0.05) is 0 Å². The first-order valence-electron chi connectivity index (χ1n) is 8.76. The highest BCUT2D eigenvalue weighted by Crippen LogP contribution is 2.16. The second-order valence-corrected chi connectivity index (χ2v) is 5.82. The lowest BCUT2D eigenvalue weighted by atomic mass is 10.2. The lowest BCUT2D eigenvalue weighted by Gasteiger charge is -2.14. The molecule has 27 heavy (non-hydrogen) atoms. The van der Waals surface area contributed by atoms with Crippen LogP contribution in [-0.4, -0.2) is 52.5 Å². The number of nitrogens with one attached hydrogen (secondary N) is 2. The summed E-state index contributed by atoms with van der Waals surface area (Å²) < 4.78 is 12.0. The van der Waals surface area contributed by atoms with Crippen LogP contribution < -0.4 is 10.6 Å². The predicted octanol–water partition coefficient (Wildman–Crippen LogP) is 1.86. The third-order valence-electron chi connectivity index (χ3n) is 3.80. The lowest BCUT2D eigenvalue weighted by Crippen LogP contribution is -2.28. The van der Waals surface area contributed by atoms with E-state index in [2.05, 4.69) is 20.7 Å². The Morgan fingerprint density at radius 2 is 1.70 bits per heavy atom. The highest BCUT2D eigenvalue weighted by atomic mass is 16.5. The highest BCUT2D eigenvalue weighted by molar-refractivity contribution is 5.95. The van der Waals surface area contributed by atoms with Crippen LogP contribution in [0, 0.1) is 0 Å². The van der Waals surface area contributed by atoms with Crippen molar-refractivity contribution in [1.29, 1.82) is 0 Å². The average molecular weight is 375 g/mol. The van der Waals surface area contributed by atoms with E-state index in [0.29, 0.717) is 31.2 Å². The Morgan fingerprint density at radius 1 is 1.07 bits per heavy atom. The first-order chi connectivity index (χ1) is 13.0. The number of carbonyl (C=O) groups is 2. The van der Waals surface area contributed by atoms with Gasteiger partial charge in [-0.05, 0) is 45.0 Å². The summed E-state index contributed by atoms with van der Waals surface area (Å²) in [5.41, 5.74) is 1.23. The maximum atomic E-state index is 12.2. The standard InChI is InChI=1S/C18H25N5O4/c1-4-26-9-10-27-14(3)18(25)22-16-7-5-15(6-8-16)21-17(24)13(2)23-12-19-11-20-23/h5-8,11-14H,4,9-10H2,1-3H3,(H,21,24)(H,22,25). The van der Waals surface area contributed by atoms with Crippen molar-refractivity contribution in [2.45, 2.75) is 32.9 Å². The monoisotopic (exact) mass is 375 g/mol. The zero-order chi connectivity index (χ0) is 19.6. The van der Waals surface area contributed by atoms with Gasteiger partial charge in [0, 0.05) is 18.0 Å². The van der Waals surface area contributed by atoms with E-state index >= 15 is 0 Å². The molecule has 0 spiro atoms. The molecule has 2 amide bonds. The lowest BCUT2D eigenvalue weighted by molar-refractivity contribution is -0.127. The maximum Gasteiger partial charge on any atom is 0.253 e. The first kappa shape index (κ1) is 20.5. The Kier molecular flexibility index (Phi) is 7.90. The minimum absolute atomic E-state index is 0.214. The van der Waals surface area contributed by atoms with E-state index in [1.165, 1.54) is 17.3 Å². The minimum atomic E-state index is -0.589. The molecule has 2 N–H and O–H groups in total. The molecule has 0 aliphatic carbocycles. The molecule has 2 aromatic rings. The third kappa shape index (κ3) is 6.46. The van der Waals surface area contributed by atoms with Gasteiger partial charge in [0.1, 0.15) is 24.8 Å². The number of ether oxygens (including phenoxy) is 2. The van der Waals surface area contributed by atoms with Gasteiger partial charge in [0.15, 0.2) is 0 Å². The summed E-state index contributed by atoms with van der Waals surface area (Å²) in [4.78, 5) is 28.1. The van der Waals surface area contributed by atoms with Crippen molar-refractivity contribution in [3.8, 4) is 0 Å². The summed E-state index contributed by atoms with van der Waals surface area (Å²) in [5, 5.41) is 9.51. The van der Waals surface area contributed by atoms with Crippen molar-refractivity contribution in [1.82, 2.24) is 14.8 Å². The minimum Gasteiger partial charge on any atom is -0.379 e. The summed E-state index contributed by atoms with van der Waals surface area (Å²) in [6.07, 6.45) is 2.27. The second kappa shape index (κ2) is 10.4. The zero-order valence-corrected chi connectivity index (χ0v) is 15.7. The van der Waals surface area contributed by atoms with E-state index in [-0.39, 0.29) is 11.8 Å². The van der Waals surface area contributed by atoms with Crippen molar-refractivity contribution in [2.24, 2.45) is 0 Å². The Bertz CT molecular complexity index is 718. The van der Waals surface area contributed by atoms with Crippen LogP contribution in [0.5, 0.6) is 0 Å². The topological polar surface area (TPSA) is 107 Å². The van der Waals surface area contributed by atoms with E-state index in [1.807, 2.05) is 6.92 Å². The van der Waals surface area contributed by atoms with Crippen molar-refractivity contribution >= 4 is 23.2 Å². The number of amides is 2. The van der Waals surface area contributed by atoms with Gasteiger partial charge in [-0.3, -0.25) is 9.59 Å². The average Bonchev–Trinajstić information content (AvgIpc) is 3.20. The molecule has 2 atom stereocenters. The summed E-state index contributed by atoms with van der Waals surface area (Å²) >= 11 is 0. The molecule has 0 aliphatic heterocycles. The summed E-state index contributed by atoms with van der Waals surface area (Å²) in [5.74, 6) is -0.461. The van der Waals surface area contributed by atoms with Gasteiger partial charge in [0.25, 0.3) is 5.91 Å². The van der Waals surface area contributed by atoms with Gasteiger partial charge in [-0.2, -0.15) is 5.10 Å². The summed E-state index contributed by atoms with van der Waals surface area (Å²) in [6.45, 7) is 6.74. The molecular weight excluding hydrogens is 350 g/mol. The van der Waals surface area contributed by atoms with E-state index in [1.54, 1.807) is 38.1 Å². The van der Waals surface area contributed by atoms with E-state index < -0.39 is 12.1 Å². The number of carbonyl (C=O) groups excluding carboxylic acids is 2. The molecule has 1 heterocycles. The predicted molar refractivity (Wildman–Crippen MR) is 100 cm³/mol. The zero-order valence-electron chi connectivity index (χ0n) is 15.7. The molecule has 0 saturated carbocycles. The van der Waals surface area contributed by atoms with Crippen LogP contribution in [0.1, 0.15) is 26.8 Å². The fourth-order valence-electron chi connectivity index (χ4n) is 2.17. The van der Waals surface area contributed by atoms with Crippen LogP contribution in [0.15, 0.2) is 36.9 Å². The second-order valence-electron chi connectivity index (χ2n) is 5.82. The Balaban J connectivity index is 1.82. The molecule has 1 aromatic carbocycles. The van der Waals surface area contributed by atoms with Crippen molar-refractivity contribution in [3.63, 3.8) is 0 Å². The molecular formula is C18H25N5O4. The maximum absolute atomic E-state index is 12.2. The Hall–Kier alpha value is -2.78. The van der Waals surface area contributed by atoms with E-state index in [9.17, 15) is 9.59 Å². The third-order valence-corrected chi connectivity index (χ3v) is 3.80. The molecule has 2 unspecified atom stereocenters. The van der Waals surface area contributed by atoms with Crippen LogP contribution in [0.25, 0.3) is 0 Å². The number of hydrogen-bond donors (Lipinski definition) is 2. The van der Waals surface area contributed by atoms with Crippen molar-refractivity contribution in [3.05, 3.63) is 36.9 Å². The van der Waals surface area contributed by atoms with Crippen molar-refractivity contribution in [2.75, 3.05) is 30.5 Å². The van der Waals surface area contributed by atoms with Crippen LogP contribution in [-0.2, 0) is 19.1 Å². The van der Waals surface area contributed by atoms with Crippen LogP contribution in [0.3, 0.4) is 0 Å². The van der Waals surface area contributed by atoms with E-state index in [4.69, 9.17) is 9.47 Å². The number of nitrogens with zero attached hydrogens (tertiary/aromatic N) is 3. The van der Waals surface area contributed by atoms with Gasteiger partial charge in [0.05, 0.1) is 13.2 Å². The quantitative estimate of drug-likeness (QED) is 0.614. The van der Waals surface area contributed by atoms with Crippen LogP contribution in [0.2, 0.25) is 0 Å². The molecule has 1 aromatic heterocycles. The SMILES string of the molecule is CCOCCOC(C)C(=O)Nc1ccc(NC(=O)C(C)n2cncn2)cc1. The normalized spacial score (nSPS) is 13.0.